The van der Waals surface area contributed by atoms with E-state index in [1.165, 1.54) is 12.1 Å². The summed E-state index contributed by atoms with van der Waals surface area (Å²) in [6.07, 6.45) is 0. The Morgan fingerprint density at radius 3 is 2.45 bits per heavy atom. The van der Waals surface area contributed by atoms with Gasteiger partial charge in [-0.1, -0.05) is 23.2 Å². The molecule has 0 aliphatic heterocycles. The lowest BCUT2D eigenvalue weighted by Gasteiger charge is -2.12. The summed E-state index contributed by atoms with van der Waals surface area (Å²) in [4.78, 5) is 10.5. The average Bonchev–Trinajstić information content (AvgIpc) is 2.49. The van der Waals surface area contributed by atoms with E-state index in [0.29, 0.717) is 10.8 Å². The molecule has 2 aromatic carbocycles. The number of rotatable bonds is 6. The highest BCUT2D eigenvalue weighted by atomic mass is 35.5. The minimum absolute atomic E-state index is 0.0672. The molecular formula is C14H12Cl2N2O4. The van der Waals surface area contributed by atoms with Crippen LogP contribution >= 0.6 is 23.2 Å². The predicted octanol–water partition coefficient (Wildman–Crippen LogP) is 4.10. The molecule has 8 heteroatoms. The van der Waals surface area contributed by atoms with Gasteiger partial charge in [0.15, 0.2) is 0 Å². The van der Waals surface area contributed by atoms with Crippen LogP contribution in [0.25, 0.3) is 0 Å². The molecule has 0 aliphatic carbocycles. The molecule has 0 fully saturated rings. The quantitative estimate of drug-likeness (QED) is 0.609. The number of nitro benzene ring substituents is 1. The number of benzene rings is 2. The predicted molar refractivity (Wildman–Crippen MR) is 85.2 cm³/mol. The van der Waals surface area contributed by atoms with Crippen LogP contribution < -0.4 is 10.1 Å². The normalized spacial score (nSPS) is 10.3. The van der Waals surface area contributed by atoms with Gasteiger partial charge in [0.05, 0.1) is 11.5 Å². The van der Waals surface area contributed by atoms with Gasteiger partial charge in [0, 0.05) is 17.6 Å². The summed E-state index contributed by atoms with van der Waals surface area (Å²) in [6, 6.07) is 9.32. The molecule has 0 amide bonds. The summed E-state index contributed by atoms with van der Waals surface area (Å²) < 4.78 is 5.60. The van der Waals surface area contributed by atoms with Crippen molar-refractivity contribution in [3.05, 3.63) is 56.6 Å². The van der Waals surface area contributed by atoms with E-state index >= 15 is 0 Å². The number of aliphatic hydroxyl groups is 1. The van der Waals surface area contributed by atoms with Crippen LogP contribution in [0, 0.1) is 10.1 Å². The zero-order valence-corrected chi connectivity index (χ0v) is 12.8. The number of hydrogen-bond donors (Lipinski definition) is 2. The number of ether oxygens (including phenoxy) is 1. The van der Waals surface area contributed by atoms with Crippen LogP contribution in [0.4, 0.5) is 11.4 Å². The van der Waals surface area contributed by atoms with Crippen molar-refractivity contribution < 1.29 is 14.8 Å². The van der Waals surface area contributed by atoms with Crippen molar-refractivity contribution in [2.75, 3.05) is 18.5 Å². The molecule has 0 spiro atoms. The maximum Gasteiger partial charge on any atom is 0.294 e. The van der Waals surface area contributed by atoms with E-state index in [1.54, 1.807) is 24.3 Å². The summed E-state index contributed by atoms with van der Waals surface area (Å²) in [6.45, 7) is -0.0549. The van der Waals surface area contributed by atoms with Crippen LogP contribution in [0.2, 0.25) is 10.0 Å². The van der Waals surface area contributed by atoms with Crippen molar-refractivity contribution in [1.29, 1.82) is 0 Å². The first-order valence-corrected chi connectivity index (χ1v) is 7.03. The van der Waals surface area contributed by atoms with Gasteiger partial charge in [0.1, 0.15) is 22.2 Å². The topological polar surface area (TPSA) is 84.6 Å². The monoisotopic (exact) mass is 342 g/mol. The molecule has 0 saturated heterocycles. The summed E-state index contributed by atoms with van der Waals surface area (Å²) in [7, 11) is 0. The van der Waals surface area contributed by atoms with Crippen LogP contribution in [0.15, 0.2) is 36.4 Å². The third kappa shape index (κ3) is 3.79. The molecule has 0 aromatic heterocycles. The van der Waals surface area contributed by atoms with Gasteiger partial charge in [0.2, 0.25) is 0 Å². The highest BCUT2D eigenvalue weighted by Gasteiger charge is 2.20. The third-order valence-electron chi connectivity index (χ3n) is 2.74. The molecule has 2 rings (SSSR count). The zero-order chi connectivity index (χ0) is 16.1. The Bertz CT molecular complexity index is 677. The van der Waals surface area contributed by atoms with Gasteiger partial charge < -0.3 is 15.2 Å². The van der Waals surface area contributed by atoms with Crippen molar-refractivity contribution in [1.82, 2.24) is 0 Å². The van der Waals surface area contributed by atoms with Gasteiger partial charge in [-0.15, -0.1) is 0 Å². The van der Waals surface area contributed by atoms with Gasteiger partial charge in [-0.2, -0.15) is 0 Å². The highest BCUT2D eigenvalue weighted by molar-refractivity contribution is 6.35. The average molecular weight is 343 g/mol. The third-order valence-corrected chi connectivity index (χ3v) is 3.36. The molecule has 0 aliphatic rings. The molecule has 116 valence electrons. The Kier molecular flexibility index (Phi) is 5.43. The number of nitrogens with zero attached hydrogens (tertiary/aromatic N) is 1. The maximum absolute atomic E-state index is 11.0. The SMILES string of the molecule is O=[N+]([O-])c1ccc(Oc2ccc(Cl)cc2)c(Cl)c1NCCO. The number of hydrogen-bond acceptors (Lipinski definition) is 5. The number of halogens is 2. The minimum atomic E-state index is -0.558. The van der Waals surface area contributed by atoms with Gasteiger partial charge in [-0.3, -0.25) is 10.1 Å². The minimum Gasteiger partial charge on any atom is -0.456 e. The maximum atomic E-state index is 11.0. The van der Waals surface area contributed by atoms with E-state index in [0.717, 1.165) is 0 Å². The Morgan fingerprint density at radius 1 is 1.18 bits per heavy atom. The van der Waals surface area contributed by atoms with Gasteiger partial charge in [0.25, 0.3) is 5.69 Å². The molecule has 0 atom stereocenters. The molecule has 2 aromatic rings. The Balaban J connectivity index is 2.35. The van der Waals surface area contributed by atoms with E-state index < -0.39 is 4.92 Å². The van der Waals surface area contributed by atoms with Gasteiger partial charge in [-0.05, 0) is 30.3 Å². The van der Waals surface area contributed by atoms with Gasteiger partial charge in [-0.25, -0.2) is 0 Å². The lowest BCUT2D eigenvalue weighted by Crippen LogP contribution is -2.08. The van der Waals surface area contributed by atoms with Crippen LogP contribution in [0.5, 0.6) is 11.5 Å². The molecular weight excluding hydrogens is 331 g/mol. The lowest BCUT2D eigenvalue weighted by atomic mass is 10.2. The molecule has 0 radical (unpaired) electrons. The first-order chi connectivity index (χ1) is 10.5. The van der Waals surface area contributed by atoms with Crippen molar-refractivity contribution in [3.8, 4) is 11.5 Å². The standard InChI is InChI=1S/C14H12Cl2N2O4/c15-9-1-3-10(4-2-9)22-12-6-5-11(18(20)21)14(13(12)16)17-7-8-19/h1-6,17,19H,7-8H2. The van der Waals surface area contributed by atoms with E-state index in [2.05, 4.69) is 5.32 Å². The zero-order valence-electron chi connectivity index (χ0n) is 11.3. The largest absolute Gasteiger partial charge is 0.456 e. The Morgan fingerprint density at radius 2 is 1.86 bits per heavy atom. The second kappa shape index (κ2) is 7.31. The van der Waals surface area contributed by atoms with Crippen LogP contribution in [0.3, 0.4) is 0 Å². The van der Waals surface area contributed by atoms with E-state index in [9.17, 15) is 10.1 Å². The smallest absolute Gasteiger partial charge is 0.294 e. The molecule has 6 nitrogen and oxygen atoms in total. The molecule has 0 bridgehead atoms. The lowest BCUT2D eigenvalue weighted by molar-refractivity contribution is -0.384. The van der Waals surface area contributed by atoms with Crippen LogP contribution in [-0.4, -0.2) is 23.2 Å². The fourth-order valence-electron chi connectivity index (χ4n) is 1.76. The highest BCUT2D eigenvalue weighted by Crippen LogP contribution is 2.41. The van der Waals surface area contributed by atoms with E-state index in [4.69, 9.17) is 33.0 Å². The Labute approximate surface area is 136 Å². The molecule has 0 unspecified atom stereocenters. The number of aliphatic hydroxyl groups excluding tert-OH is 1. The molecule has 0 saturated carbocycles. The number of anilines is 1. The summed E-state index contributed by atoms with van der Waals surface area (Å²) in [5.41, 5.74) is -0.0888. The van der Waals surface area contributed by atoms with Crippen molar-refractivity contribution in [2.24, 2.45) is 0 Å². The molecule has 0 heterocycles. The van der Waals surface area contributed by atoms with Crippen LogP contribution in [-0.2, 0) is 0 Å². The fourth-order valence-corrected chi connectivity index (χ4v) is 2.15. The van der Waals surface area contributed by atoms with E-state index in [-0.39, 0.29) is 35.3 Å². The first kappa shape index (κ1) is 16.4. The van der Waals surface area contributed by atoms with E-state index in [1.807, 2.05) is 0 Å². The number of nitrogens with one attached hydrogen (secondary N) is 1. The molecule has 2 N–H and O–H groups in total. The molecule has 22 heavy (non-hydrogen) atoms. The number of nitro groups is 1. The second-order valence-electron chi connectivity index (χ2n) is 4.24. The van der Waals surface area contributed by atoms with Crippen molar-refractivity contribution in [2.45, 2.75) is 0 Å². The second-order valence-corrected chi connectivity index (χ2v) is 5.05. The summed E-state index contributed by atoms with van der Waals surface area (Å²) >= 11 is 12.0. The summed E-state index contributed by atoms with van der Waals surface area (Å²) in [5.74, 6) is 0.753. The van der Waals surface area contributed by atoms with Crippen LogP contribution in [0.1, 0.15) is 0 Å². The first-order valence-electron chi connectivity index (χ1n) is 6.28. The summed E-state index contributed by atoms with van der Waals surface area (Å²) in [5, 5.41) is 23.2. The Hall–Kier alpha value is -2.02. The van der Waals surface area contributed by atoms with Crippen molar-refractivity contribution in [3.63, 3.8) is 0 Å². The van der Waals surface area contributed by atoms with Crippen molar-refractivity contribution >= 4 is 34.6 Å². The van der Waals surface area contributed by atoms with Gasteiger partial charge >= 0.3 is 0 Å². The fraction of sp³-hybridized carbons (Fsp3) is 0.143.